The molecule has 1 fully saturated rings. The largest absolute Gasteiger partial charge is 0.481 e. The summed E-state index contributed by atoms with van der Waals surface area (Å²) in [4.78, 5) is 37.4. The van der Waals surface area contributed by atoms with Crippen molar-refractivity contribution in [2.24, 2.45) is 0 Å². The average Bonchev–Trinajstić information content (AvgIpc) is 3.33. The number of ether oxygens (including phenoxy) is 2. The highest BCUT2D eigenvalue weighted by Gasteiger charge is 2.33. The Kier molecular flexibility index (Phi) is 8.89. The molecule has 0 bridgehead atoms. The van der Waals surface area contributed by atoms with Gasteiger partial charge in [0.1, 0.15) is 17.4 Å². The van der Waals surface area contributed by atoms with E-state index >= 15 is 0 Å². The highest BCUT2D eigenvalue weighted by atomic mass is 35.5. The quantitative estimate of drug-likeness (QED) is 0.320. The van der Waals surface area contributed by atoms with Crippen molar-refractivity contribution < 1.29 is 28.6 Å². The minimum Gasteiger partial charge on any atom is -0.481 e. The molecule has 13 heteroatoms. The zero-order valence-corrected chi connectivity index (χ0v) is 23.4. The average molecular weight is 590 g/mol. The number of aliphatic hydroxyl groups is 1. The zero-order valence-electron chi connectivity index (χ0n) is 21.8. The molecule has 2 atom stereocenters. The number of cyclic esters (lactones) is 1. The monoisotopic (exact) mass is 589 g/mol. The van der Waals surface area contributed by atoms with E-state index in [1.807, 2.05) is 17.0 Å². The van der Waals surface area contributed by atoms with E-state index in [0.29, 0.717) is 65.5 Å². The second kappa shape index (κ2) is 12.5. The number of halogens is 2. The number of rotatable bonds is 11. The van der Waals surface area contributed by atoms with Gasteiger partial charge in [-0.15, -0.1) is 23.4 Å². The van der Waals surface area contributed by atoms with E-state index in [0.717, 1.165) is 4.90 Å². The summed E-state index contributed by atoms with van der Waals surface area (Å²) >= 11 is 7.33. The Labute approximate surface area is 239 Å². The zero-order chi connectivity index (χ0) is 28.2. The molecule has 1 aromatic carbocycles. The first-order chi connectivity index (χ1) is 19.3. The SMILES string of the molecule is COc1ccc2ncc(F)c(CN(CCCC3CN(c4ccc5c(c4)NC(=O)CS5)C(=O)O3)C[C@@H](O)CCl)c2n1. The number of carbonyl (C=O) groups excluding carboxylic acids is 2. The molecule has 0 radical (unpaired) electrons. The molecular formula is C27H29ClFN5O5S. The first-order valence-corrected chi connectivity index (χ1v) is 14.4. The number of pyridine rings is 2. The Hall–Kier alpha value is -3.19. The topological polar surface area (TPSA) is 117 Å². The molecule has 4 heterocycles. The lowest BCUT2D eigenvalue weighted by atomic mass is 10.1. The number of carbonyl (C=O) groups is 2. The molecule has 2 aliphatic heterocycles. The second-order valence-electron chi connectivity index (χ2n) is 9.63. The number of hydrogen-bond acceptors (Lipinski definition) is 9. The van der Waals surface area contributed by atoms with E-state index in [2.05, 4.69) is 15.3 Å². The molecule has 2 aromatic heterocycles. The maximum atomic E-state index is 14.9. The first kappa shape index (κ1) is 28.3. The molecule has 0 aliphatic carbocycles. The van der Waals surface area contributed by atoms with E-state index < -0.39 is 18.0 Å². The van der Waals surface area contributed by atoms with Crippen LogP contribution in [-0.2, 0) is 16.1 Å². The van der Waals surface area contributed by atoms with Crippen LogP contribution >= 0.6 is 23.4 Å². The fourth-order valence-corrected chi connectivity index (χ4v) is 5.70. The smallest absolute Gasteiger partial charge is 0.414 e. The number of hydrogen-bond donors (Lipinski definition) is 2. The van der Waals surface area contributed by atoms with Crippen LogP contribution in [0, 0.1) is 5.82 Å². The third kappa shape index (κ3) is 6.41. The Bertz CT molecular complexity index is 1420. The van der Waals surface area contributed by atoms with Gasteiger partial charge in [0.05, 0.1) is 42.9 Å². The van der Waals surface area contributed by atoms with Crippen LogP contribution in [0.5, 0.6) is 5.88 Å². The molecular weight excluding hydrogens is 561 g/mol. The van der Waals surface area contributed by atoms with E-state index in [1.165, 1.54) is 25.1 Å². The molecule has 2 N–H and O–H groups in total. The summed E-state index contributed by atoms with van der Waals surface area (Å²) in [6.07, 6.45) is 0.774. The van der Waals surface area contributed by atoms with Crippen molar-refractivity contribution in [1.29, 1.82) is 0 Å². The molecule has 3 aromatic rings. The predicted molar refractivity (Wildman–Crippen MR) is 151 cm³/mol. The van der Waals surface area contributed by atoms with Gasteiger partial charge in [0.25, 0.3) is 0 Å². The minimum absolute atomic E-state index is 0.0388. The number of nitrogens with one attached hydrogen (secondary N) is 1. The van der Waals surface area contributed by atoms with Crippen LogP contribution < -0.4 is 15.0 Å². The lowest BCUT2D eigenvalue weighted by molar-refractivity contribution is -0.113. The Balaban J connectivity index is 1.24. The summed E-state index contributed by atoms with van der Waals surface area (Å²) in [5.41, 5.74) is 2.62. The van der Waals surface area contributed by atoms with Crippen LogP contribution in [0.1, 0.15) is 18.4 Å². The summed E-state index contributed by atoms with van der Waals surface area (Å²) in [6, 6.07) is 8.91. The Morgan fingerprint density at radius 2 is 2.20 bits per heavy atom. The van der Waals surface area contributed by atoms with Gasteiger partial charge in [0.15, 0.2) is 0 Å². The summed E-state index contributed by atoms with van der Waals surface area (Å²) < 4.78 is 25.8. The van der Waals surface area contributed by atoms with Crippen LogP contribution in [-0.4, -0.2) is 82.6 Å². The molecule has 0 saturated carbocycles. The van der Waals surface area contributed by atoms with E-state index in [9.17, 15) is 19.1 Å². The van der Waals surface area contributed by atoms with Gasteiger partial charge in [0, 0.05) is 41.2 Å². The Morgan fingerprint density at radius 3 is 3.00 bits per heavy atom. The maximum Gasteiger partial charge on any atom is 0.414 e. The van der Waals surface area contributed by atoms with Gasteiger partial charge in [-0.3, -0.25) is 19.6 Å². The van der Waals surface area contributed by atoms with Crippen molar-refractivity contribution in [3.63, 3.8) is 0 Å². The van der Waals surface area contributed by atoms with Crippen molar-refractivity contribution in [3.8, 4) is 5.88 Å². The summed E-state index contributed by atoms with van der Waals surface area (Å²) in [7, 11) is 1.49. The van der Waals surface area contributed by atoms with Crippen molar-refractivity contribution in [2.45, 2.75) is 36.5 Å². The van der Waals surface area contributed by atoms with Crippen molar-refractivity contribution in [3.05, 3.63) is 47.9 Å². The molecule has 5 rings (SSSR count). The molecule has 1 unspecified atom stereocenters. The van der Waals surface area contributed by atoms with Crippen molar-refractivity contribution in [1.82, 2.24) is 14.9 Å². The van der Waals surface area contributed by atoms with Crippen LogP contribution in [0.4, 0.5) is 20.6 Å². The number of nitrogens with zero attached hydrogens (tertiary/aromatic N) is 4. The number of aromatic nitrogens is 2. The maximum absolute atomic E-state index is 14.9. The number of fused-ring (bicyclic) bond motifs is 2. The molecule has 10 nitrogen and oxygen atoms in total. The summed E-state index contributed by atoms with van der Waals surface area (Å²) in [5, 5.41) is 13.1. The molecule has 1 saturated heterocycles. The highest BCUT2D eigenvalue weighted by molar-refractivity contribution is 8.00. The van der Waals surface area contributed by atoms with Gasteiger partial charge in [-0.05, 0) is 43.7 Å². The molecule has 40 heavy (non-hydrogen) atoms. The fraction of sp³-hybridized carbons (Fsp3) is 0.407. The lowest BCUT2D eigenvalue weighted by Crippen LogP contribution is -2.34. The number of methoxy groups -OCH3 is 1. The number of thioether (sulfide) groups is 1. The van der Waals surface area contributed by atoms with Gasteiger partial charge in [-0.1, -0.05) is 0 Å². The van der Waals surface area contributed by atoms with Crippen molar-refractivity contribution in [2.75, 3.05) is 48.6 Å². The predicted octanol–water partition coefficient (Wildman–Crippen LogP) is 4.03. The van der Waals surface area contributed by atoms with E-state index in [1.54, 1.807) is 23.1 Å². The van der Waals surface area contributed by atoms with Gasteiger partial charge in [0.2, 0.25) is 11.8 Å². The summed E-state index contributed by atoms with van der Waals surface area (Å²) in [5.74, 6) is 0.181. The minimum atomic E-state index is -0.803. The van der Waals surface area contributed by atoms with E-state index in [4.69, 9.17) is 21.1 Å². The number of benzene rings is 1. The second-order valence-corrected chi connectivity index (χ2v) is 11.0. The fourth-order valence-electron chi connectivity index (χ4n) is 4.81. The van der Waals surface area contributed by atoms with Gasteiger partial charge >= 0.3 is 6.09 Å². The number of amides is 2. The number of anilines is 2. The van der Waals surface area contributed by atoms with Gasteiger partial charge in [-0.25, -0.2) is 14.2 Å². The van der Waals surface area contributed by atoms with Crippen LogP contribution in [0.3, 0.4) is 0 Å². The van der Waals surface area contributed by atoms with Gasteiger partial charge in [-0.2, -0.15) is 0 Å². The number of alkyl halides is 1. The third-order valence-corrected chi connectivity index (χ3v) is 8.19. The number of aliphatic hydroxyl groups excluding tert-OH is 1. The normalized spacial score (nSPS) is 17.6. The van der Waals surface area contributed by atoms with Crippen molar-refractivity contribution >= 4 is 57.8 Å². The highest BCUT2D eigenvalue weighted by Crippen LogP contribution is 2.35. The Morgan fingerprint density at radius 1 is 1.35 bits per heavy atom. The molecule has 212 valence electrons. The summed E-state index contributed by atoms with van der Waals surface area (Å²) in [6.45, 7) is 1.27. The molecule has 2 amide bonds. The van der Waals surface area contributed by atoms with Gasteiger partial charge < -0.3 is 19.9 Å². The molecule has 2 aliphatic rings. The van der Waals surface area contributed by atoms with Crippen LogP contribution in [0.15, 0.2) is 41.4 Å². The lowest BCUT2D eigenvalue weighted by Gasteiger charge is -2.25. The van der Waals surface area contributed by atoms with E-state index in [-0.39, 0.29) is 31.0 Å². The third-order valence-electron chi connectivity index (χ3n) is 6.76. The molecule has 0 spiro atoms. The van der Waals surface area contributed by atoms with Crippen LogP contribution in [0.25, 0.3) is 11.0 Å². The standard InChI is InChI=1S/C27H29ClFN5O5S/c1-38-25-7-5-21-26(32-25)19(20(29)11-30-21)14-33(12-17(35)10-28)8-2-3-18-13-34(27(37)39-18)16-4-6-23-22(9-16)31-24(36)15-40-23/h4-7,9,11,17-18,35H,2-3,8,10,12-15H2,1H3,(H,31,36)/t17-,18?/m0/s1. The first-order valence-electron chi connectivity index (χ1n) is 12.8. The van der Waals surface area contributed by atoms with Crippen LogP contribution in [0.2, 0.25) is 0 Å².